The van der Waals surface area contributed by atoms with Crippen molar-refractivity contribution in [3.63, 3.8) is 0 Å². The first-order chi connectivity index (χ1) is 6.66. The first-order valence-electron chi connectivity index (χ1n) is 4.84. The molecule has 1 amide bonds. The SMILES string of the molecule is O=C1C=C(N2CC(Br)CC2=O)CCC1. The van der Waals surface area contributed by atoms with E-state index in [1.165, 1.54) is 0 Å². The molecule has 1 heterocycles. The Morgan fingerprint density at radius 1 is 1.36 bits per heavy atom. The second-order valence-corrected chi connectivity index (χ2v) is 5.06. The van der Waals surface area contributed by atoms with Gasteiger partial charge in [-0.1, -0.05) is 15.9 Å². The molecule has 1 unspecified atom stereocenters. The van der Waals surface area contributed by atoms with E-state index in [1.54, 1.807) is 11.0 Å². The maximum absolute atomic E-state index is 11.5. The van der Waals surface area contributed by atoms with Crippen LogP contribution in [0.4, 0.5) is 0 Å². The summed E-state index contributed by atoms with van der Waals surface area (Å²) in [6.07, 6.45) is 4.54. The summed E-state index contributed by atoms with van der Waals surface area (Å²) in [6, 6.07) is 0. The number of ketones is 1. The van der Waals surface area contributed by atoms with Crippen molar-refractivity contribution in [3.05, 3.63) is 11.8 Å². The number of alkyl halides is 1. The van der Waals surface area contributed by atoms with E-state index in [0.29, 0.717) is 19.4 Å². The van der Waals surface area contributed by atoms with Gasteiger partial charge in [0.25, 0.3) is 0 Å². The van der Waals surface area contributed by atoms with E-state index in [1.807, 2.05) is 0 Å². The first kappa shape index (κ1) is 9.90. The van der Waals surface area contributed by atoms with Crippen molar-refractivity contribution < 1.29 is 9.59 Å². The van der Waals surface area contributed by atoms with Crippen LogP contribution in [0.1, 0.15) is 25.7 Å². The number of likely N-dealkylation sites (tertiary alicyclic amines) is 1. The highest BCUT2D eigenvalue weighted by molar-refractivity contribution is 9.09. The monoisotopic (exact) mass is 257 g/mol. The van der Waals surface area contributed by atoms with Gasteiger partial charge < -0.3 is 4.90 Å². The number of nitrogens with zero attached hydrogens (tertiary/aromatic N) is 1. The summed E-state index contributed by atoms with van der Waals surface area (Å²) in [5.41, 5.74) is 0.910. The van der Waals surface area contributed by atoms with E-state index in [0.717, 1.165) is 18.5 Å². The van der Waals surface area contributed by atoms with Crippen molar-refractivity contribution in [1.82, 2.24) is 4.90 Å². The number of carbonyl (C=O) groups excluding carboxylic acids is 2. The maximum Gasteiger partial charge on any atom is 0.227 e. The molecule has 1 aliphatic heterocycles. The number of rotatable bonds is 1. The minimum Gasteiger partial charge on any atom is -0.315 e. The highest BCUT2D eigenvalue weighted by atomic mass is 79.9. The van der Waals surface area contributed by atoms with Crippen LogP contribution in [0.25, 0.3) is 0 Å². The van der Waals surface area contributed by atoms with Gasteiger partial charge >= 0.3 is 0 Å². The lowest BCUT2D eigenvalue weighted by Crippen LogP contribution is -2.26. The zero-order valence-electron chi connectivity index (χ0n) is 7.83. The fourth-order valence-electron chi connectivity index (χ4n) is 1.93. The third-order valence-electron chi connectivity index (χ3n) is 2.61. The Hall–Kier alpha value is -0.640. The van der Waals surface area contributed by atoms with Crippen molar-refractivity contribution in [3.8, 4) is 0 Å². The molecule has 0 spiro atoms. The minimum absolute atomic E-state index is 0.132. The van der Waals surface area contributed by atoms with Crippen molar-refractivity contribution in [1.29, 1.82) is 0 Å². The second-order valence-electron chi connectivity index (χ2n) is 3.76. The molecule has 0 radical (unpaired) electrons. The smallest absolute Gasteiger partial charge is 0.227 e. The van der Waals surface area contributed by atoms with Crippen molar-refractivity contribution in [2.45, 2.75) is 30.5 Å². The maximum atomic E-state index is 11.5. The lowest BCUT2D eigenvalue weighted by atomic mass is 10.0. The summed E-state index contributed by atoms with van der Waals surface area (Å²) >= 11 is 3.43. The molecule has 1 aliphatic carbocycles. The van der Waals surface area contributed by atoms with Gasteiger partial charge in [-0.15, -0.1) is 0 Å². The number of allylic oxidation sites excluding steroid dienone is 2. The Labute approximate surface area is 91.3 Å². The number of halogens is 1. The summed E-state index contributed by atoms with van der Waals surface area (Å²) < 4.78 is 0. The van der Waals surface area contributed by atoms with Crippen LogP contribution in [-0.4, -0.2) is 28.0 Å². The first-order valence-corrected chi connectivity index (χ1v) is 5.76. The Kier molecular flexibility index (Phi) is 2.72. The average Bonchev–Trinajstić information content (AvgIpc) is 2.45. The van der Waals surface area contributed by atoms with E-state index >= 15 is 0 Å². The normalized spacial score (nSPS) is 28.2. The Morgan fingerprint density at radius 3 is 2.71 bits per heavy atom. The molecule has 0 saturated carbocycles. The fraction of sp³-hybridized carbons (Fsp3) is 0.600. The number of hydrogen-bond donors (Lipinski definition) is 0. The van der Waals surface area contributed by atoms with Crippen LogP contribution >= 0.6 is 15.9 Å². The van der Waals surface area contributed by atoms with Gasteiger partial charge in [0.1, 0.15) is 0 Å². The molecule has 1 atom stereocenters. The average molecular weight is 258 g/mol. The molecule has 0 aromatic rings. The molecule has 0 bridgehead atoms. The van der Waals surface area contributed by atoms with Crippen LogP contribution in [0, 0.1) is 0 Å². The quantitative estimate of drug-likeness (QED) is 0.670. The molecule has 3 nitrogen and oxygen atoms in total. The highest BCUT2D eigenvalue weighted by Crippen LogP contribution is 2.26. The highest BCUT2D eigenvalue weighted by Gasteiger charge is 2.30. The molecule has 0 aromatic heterocycles. The number of amides is 1. The van der Waals surface area contributed by atoms with Gasteiger partial charge in [0.05, 0.1) is 0 Å². The zero-order chi connectivity index (χ0) is 10.1. The van der Waals surface area contributed by atoms with E-state index < -0.39 is 0 Å². The van der Waals surface area contributed by atoms with Gasteiger partial charge in [-0.25, -0.2) is 0 Å². The van der Waals surface area contributed by atoms with Crippen LogP contribution in [0.2, 0.25) is 0 Å². The topological polar surface area (TPSA) is 37.4 Å². The van der Waals surface area contributed by atoms with Gasteiger partial charge in [0.2, 0.25) is 5.91 Å². The lowest BCUT2D eigenvalue weighted by Gasteiger charge is -2.22. The molecule has 0 aromatic carbocycles. The number of hydrogen-bond acceptors (Lipinski definition) is 2. The van der Waals surface area contributed by atoms with E-state index in [-0.39, 0.29) is 16.5 Å². The molecule has 0 N–H and O–H groups in total. The van der Waals surface area contributed by atoms with Gasteiger partial charge in [0, 0.05) is 36.0 Å². The lowest BCUT2D eigenvalue weighted by molar-refractivity contribution is -0.126. The van der Waals surface area contributed by atoms with E-state index in [4.69, 9.17) is 0 Å². The summed E-state index contributed by atoms with van der Waals surface area (Å²) in [7, 11) is 0. The largest absolute Gasteiger partial charge is 0.315 e. The van der Waals surface area contributed by atoms with Crippen LogP contribution in [0.5, 0.6) is 0 Å². The summed E-state index contributed by atoms with van der Waals surface area (Å²) in [4.78, 5) is 24.7. The van der Waals surface area contributed by atoms with E-state index in [2.05, 4.69) is 15.9 Å². The molecule has 2 rings (SSSR count). The summed E-state index contributed by atoms with van der Waals surface area (Å²) in [5.74, 6) is 0.282. The standard InChI is InChI=1S/C10H12BrNO2/c11-7-4-10(14)12(6-7)8-2-1-3-9(13)5-8/h5,7H,1-4,6H2. The minimum atomic E-state index is 0.132. The Bertz CT molecular complexity index is 311. The molecule has 1 fully saturated rings. The Balaban J connectivity index is 2.15. The predicted molar refractivity (Wildman–Crippen MR) is 56.0 cm³/mol. The van der Waals surface area contributed by atoms with E-state index in [9.17, 15) is 9.59 Å². The molecule has 2 aliphatic rings. The molecular formula is C10H12BrNO2. The molecule has 4 heteroatoms. The van der Waals surface area contributed by atoms with Crippen molar-refractivity contribution in [2.24, 2.45) is 0 Å². The molecule has 1 saturated heterocycles. The molecule has 76 valence electrons. The van der Waals surface area contributed by atoms with Crippen LogP contribution in [-0.2, 0) is 9.59 Å². The second kappa shape index (κ2) is 3.85. The number of carbonyl (C=O) groups is 2. The van der Waals surface area contributed by atoms with Crippen molar-refractivity contribution >= 4 is 27.6 Å². The molecule has 14 heavy (non-hydrogen) atoms. The summed E-state index contributed by atoms with van der Waals surface area (Å²) in [5, 5.41) is 0. The third-order valence-corrected chi connectivity index (χ3v) is 3.22. The summed E-state index contributed by atoms with van der Waals surface area (Å²) in [6.45, 7) is 0.706. The fourth-order valence-corrected chi connectivity index (χ4v) is 2.49. The van der Waals surface area contributed by atoms with Gasteiger partial charge in [0.15, 0.2) is 5.78 Å². The predicted octanol–water partition coefficient (Wildman–Crippen LogP) is 1.62. The van der Waals surface area contributed by atoms with Gasteiger partial charge in [-0.2, -0.15) is 0 Å². The molecular weight excluding hydrogens is 246 g/mol. The van der Waals surface area contributed by atoms with Gasteiger partial charge in [-0.3, -0.25) is 9.59 Å². The Morgan fingerprint density at radius 2 is 2.14 bits per heavy atom. The third kappa shape index (κ3) is 1.90. The zero-order valence-corrected chi connectivity index (χ0v) is 9.42. The van der Waals surface area contributed by atoms with Crippen LogP contribution in [0.3, 0.4) is 0 Å². The van der Waals surface area contributed by atoms with Crippen molar-refractivity contribution in [2.75, 3.05) is 6.54 Å². The van der Waals surface area contributed by atoms with Crippen LogP contribution in [0.15, 0.2) is 11.8 Å². The van der Waals surface area contributed by atoms with Gasteiger partial charge in [-0.05, 0) is 12.8 Å². The van der Waals surface area contributed by atoms with Crippen LogP contribution < -0.4 is 0 Å².